The van der Waals surface area contributed by atoms with Gasteiger partial charge in [0.1, 0.15) is 0 Å². The molecule has 1 saturated heterocycles. The number of aliphatic hydroxyl groups excluding tert-OH is 1. The van der Waals surface area contributed by atoms with Crippen LogP contribution in [-0.4, -0.2) is 66.1 Å². The van der Waals surface area contributed by atoms with Crippen LogP contribution in [0.4, 0.5) is 4.79 Å². The molecular formula is C11H20N2O5. The number of nitrogens with one attached hydrogen (secondary N) is 1. The van der Waals surface area contributed by atoms with Crippen molar-refractivity contribution < 1.29 is 24.5 Å². The minimum atomic E-state index is -0.961. The standard InChI is InChI=1S/C11H20N2O5/c1-18-9(6-10(15)16)7-12-11(17)13-4-2-8(14)3-5-13/h8-9,14H,2-7H2,1H3,(H,12,17)(H,15,16). The molecule has 0 aliphatic carbocycles. The van der Waals surface area contributed by atoms with Crippen molar-refractivity contribution >= 4 is 12.0 Å². The van der Waals surface area contributed by atoms with Crippen LogP contribution >= 0.6 is 0 Å². The molecule has 1 rings (SSSR count). The molecule has 1 atom stereocenters. The van der Waals surface area contributed by atoms with Gasteiger partial charge in [-0.05, 0) is 12.8 Å². The molecule has 1 unspecified atom stereocenters. The summed E-state index contributed by atoms with van der Waals surface area (Å²) >= 11 is 0. The number of hydrogen-bond acceptors (Lipinski definition) is 4. The highest BCUT2D eigenvalue weighted by Crippen LogP contribution is 2.09. The summed E-state index contributed by atoms with van der Waals surface area (Å²) in [5, 5.41) is 20.6. The lowest BCUT2D eigenvalue weighted by Crippen LogP contribution is -2.47. The van der Waals surface area contributed by atoms with Gasteiger partial charge < -0.3 is 25.2 Å². The fourth-order valence-corrected chi connectivity index (χ4v) is 1.82. The summed E-state index contributed by atoms with van der Waals surface area (Å²) in [7, 11) is 1.41. The lowest BCUT2D eigenvalue weighted by molar-refractivity contribution is -0.139. The number of likely N-dealkylation sites (tertiary alicyclic amines) is 1. The zero-order chi connectivity index (χ0) is 13.5. The van der Waals surface area contributed by atoms with E-state index in [2.05, 4.69) is 5.32 Å². The van der Waals surface area contributed by atoms with Crippen LogP contribution in [0.5, 0.6) is 0 Å². The van der Waals surface area contributed by atoms with Gasteiger partial charge in [-0.3, -0.25) is 4.79 Å². The first-order chi connectivity index (χ1) is 8.52. The number of carbonyl (C=O) groups excluding carboxylic acids is 1. The number of hydrogen-bond donors (Lipinski definition) is 3. The lowest BCUT2D eigenvalue weighted by Gasteiger charge is -2.30. The number of nitrogens with zero attached hydrogens (tertiary/aromatic N) is 1. The topological polar surface area (TPSA) is 99.1 Å². The second kappa shape index (κ2) is 7.17. The van der Waals surface area contributed by atoms with Gasteiger partial charge in [-0.2, -0.15) is 0 Å². The minimum Gasteiger partial charge on any atom is -0.481 e. The molecular weight excluding hydrogens is 240 g/mol. The first-order valence-corrected chi connectivity index (χ1v) is 5.98. The van der Waals surface area contributed by atoms with Gasteiger partial charge in [-0.15, -0.1) is 0 Å². The van der Waals surface area contributed by atoms with Gasteiger partial charge in [-0.1, -0.05) is 0 Å². The molecule has 3 N–H and O–H groups in total. The third-order valence-electron chi connectivity index (χ3n) is 2.97. The van der Waals surface area contributed by atoms with Gasteiger partial charge in [0, 0.05) is 26.7 Å². The number of amides is 2. The summed E-state index contributed by atoms with van der Waals surface area (Å²) in [6, 6.07) is -0.241. The first kappa shape index (κ1) is 14.7. The second-order valence-corrected chi connectivity index (χ2v) is 4.36. The fraction of sp³-hybridized carbons (Fsp3) is 0.818. The summed E-state index contributed by atoms with van der Waals surface area (Å²) in [5.74, 6) is -0.961. The van der Waals surface area contributed by atoms with E-state index in [1.165, 1.54) is 7.11 Å². The van der Waals surface area contributed by atoms with Crippen molar-refractivity contribution in [1.29, 1.82) is 0 Å². The molecule has 0 aromatic heterocycles. The summed E-state index contributed by atoms with van der Waals surface area (Å²) in [5.41, 5.74) is 0. The molecule has 0 saturated carbocycles. The number of rotatable bonds is 5. The third kappa shape index (κ3) is 4.89. The highest BCUT2D eigenvalue weighted by molar-refractivity contribution is 5.74. The average Bonchev–Trinajstić information content (AvgIpc) is 2.34. The number of aliphatic hydroxyl groups is 1. The molecule has 7 nitrogen and oxygen atoms in total. The van der Waals surface area contributed by atoms with Gasteiger partial charge in [-0.25, -0.2) is 4.79 Å². The van der Waals surface area contributed by atoms with Crippen LogP contribution in [0.3, 0.4) is 0 Å². The maximum atomic E-state index is 11.7. The SMILES string of the molecule is COC(CNC(=O)N1CCC(O)CC1)CC(=O)O. The van der Waals surface area contributed by atoms with E-state index in [0.29, 0.717) is 25.9 Å². The Kier molecular flexibility index (Phi) is 5.87. The van der Waals surface area contributed by atoms with Gasteiger partial charge in [0.2, 0.25) is 0 Å². The van der Waals surface area contributed by atoms with E-state index in [4.69, 9.17) is 9.84 Å². The number of urea groups is 1. The molecule has 1 heterocycles. The highest BCUT2D eigenvalue weighted by Gasteiger charge is 2.22. The van der Waals surface area contributed by atoms with Crippen LogP contribution in [0.1, 0.15) is 19.3 Å². The number of ether oxygens (including phenoxy) is 1. The zero-order valence-corrected chi connectivity index (χ0v) is 10.5. The van der Waals surface area contributed by atoms with Gasteiger partial charge in [0.25, 0.3) is 0 Å². The van der Waals surface area contributed by atoms with E-state index in [1.54, 1.807) is 4.90 Å². The van der Waals surface area contributed by atoms with Gasteiger partial charge in [0.05, 0.1) is 18.6 Å². The number of piperidine rings is 1. The Balaban J connectivity index is 2.29. The molecule has 0 aromatic carbocycles. The van der Waals surface area contributed by atoms with Crippen LogP contribution in [0.25, 0.3) is 0 Å². The van der Waals surface area contributed by atoms with Crippen molar-refractivity contribution in [3.63, 3.8) is 0 Å². The van der Waals surface area contributed by atoms with E-state index in [1.807, 2.05) is 0 Å². The molecule has 1 aliphatic rings. The molecule has 104 valence electrons. The Bertz CT molecular complexity index is 289. The fourth-order valence-electron chi connectivity index (χ4n) is 1.82. The monoisotopic (exact) mass is 260 g/mol. The van der Waals surface area contributed by atoms with Crippen LogP contribution in [-0.2, 0) is 9.53 Å². The van der Waals surface area contributed by atoms with Crippen LogP contribution in [0.2, 0.25) is 0 Å². The highest BCUT2D eigenvalue weighted by atomic mass is 16.5. The van der Waals surface area contributed by atoms with Crippen LogP contribution in [0, 0.1) is 0 Å². The molecule has 1 aliphatic heterocycles. The average molecular weight is 260 g/mol. The Labute approximate surface area is 106 Å². The van der Waals surface area contributed by atoms with Crippen LogP contribution < -0.4 is 5.32 Å². The second-order valence-electron chi connectivity index (χ2n) is 4.36. The molecule has 7 heteroatoms. The molecule has 0 bridgehead atoms. The summed E-state index contributed by atoms with van der Waals surface area (Å²) < 4.78 is 4.96. The van der Waals surface area contributed by atoms with Crippen molar-refractivity contribution in [3.05, 3.63) is 0 Å². The van der Waals surface area contributed by atoms with E-state index in [9.17, 15) is 14.7 Å². The summed E-state index contributed by atoms with van der Waals surface area (Å²) in [4.78, 5) is 23.9. The van der Waals surface area contributed by atoms with Crippen molar-refractivity contribution in [2.45, 2.75) is 31.5 Å². The molecule has 0 aromatic rings. The maximum Gasteiger partial charge on any atom is 0.317 e. The lowest BCUT2D eigenvalue weighted by atomic mass is 10.1. The molecule has 0 radical (unpaired) electrons. The first-order valence-electron chi connectivity index (χ1n) is 5.98. The number of carboxylic acid groups (broad SMARTS) is 1. The quantitative estimate of drug-likeness (QED) is 0.627. The number of carbonyl (C=O) groups is 2. The normalized spacial score (nSPS) is 18.4. The van der Waals surface area contributed by atoms with Crippen molar-refractivity contribution in [2.75, 3.05) is 26.7 Å². The zero-order valence-electron chi connectivity index (χ0n) is 10.5. The molecule has 2 amide bonds. The molecule has 1 fully saturated rings. The number of methoxy groups -OCH3 is 1. The summed E-state index contributed by atoms with van der Waals surface area (Å²) in [6.07, 6.45) is 0.164. The predicted octanol–water partition coefficient (Wildman–Crippen LogP) is -0.358. The Morgan fingerprint density at radius 1 is 1.44 bits per heavy atom. The maximum absolute atomic E-state index is 11.7. The van der Waals surface area contributed by atoms with E-state index < -0.39 is 12.1 Å². The van der Waals surface area contributed by atoms with Gasteiger partial charge >= 0.3 is 12.0 Å². The minimum absolute atomic E-state index is 0.143. The third-order valence-corrected chi connectivity index (χ3v) is 2.97. The number of carboxylic acids is 1. The smallest absolute Gasteiger partial charge is 0.317 e. The molecule has 0 spiro atoms. The Morgan fingerprint density at radius 2 is 2.06 bits per heavy atom. The largest absolute Gasteiger partial charge is 0.481 e. The van der Waals surface area contributed by atoms with E-state index in [-0.39, 0.29) is 25.1 Å². The van der Waals surface area contributed by atoms with Crippen molar-refractivity contribution in [3.8, 4) is 0 Å². The Morgan fingerprint density at radius 3 is 2.56 bits per heavy atom. The van der Waals surface area contributed by atoms with Gasteiger partial charge in [0.15, 0.2) is 0 Å². The molecule has 18 heavy (non-hydrogen) atoms. The number of aliphatic carboxylic acids is 1. The van der Waals surface area contributed by atoms with E-state index in [0.717, 1.165) is 0 Å². The van der Waals surface area contributed by atoms with Crippen molar-refractivity contribution in [2.24, 2.45) is 0 Å². The van der Waals surface area contributed by atoms with Crippen LogP contribution in [0.15, 0.2) is 0 Å². The predicted molar refractivity (Wildman–Crippen MR) is 63.3 cm³/mol. The Hall–Kier alpha value is -1.34. The van der Waals surface area contributed by atoms with Crippen molar-refractivity contribution in [1.82, 2.24) is 10.2 Å². The van der Waals surface area contributed by atoms with E-state index >= 15 is 0 Å². The summed E-state index contributed by atoms with van der Waals surface area (Å²) in [6.45, 7) is 1.20.